The minimum Gasteiger partial charge on any atom is -0.490 e. The van der Waals surface area contributed by atoms with Crippen LogP contribution in [0.4, 0.5) is 5.82 Å². The summed E-state index contributed by atoms with van der Waals surface area (Å²) in [5.74, 6) is 0.445. The van der Waals surface area contributed by atoms with Crippen LogP contribution >= 0.6 is 34.7 Å². The molecule has 2 unspecified atom stereocenters. The summed E-state index contributed by atoms with van der Waals surface area (Å²) in [5, 5.41) is 27.5. The summed E-state index contributed by atoms with van der Waals surface area (Å²) in [4.78, 5) is 43.5. The number of aromatic amines is 1. The molecular formula is C38H36ClN9O4S2. The number of amides is 1. The Balaban J connectivity index is 1.11. The predicted molar refractivity (Wildman–Crippen MR) is 207 cm³/mol. The highest BCUT2D eigenvalue weighted by Crippen LogP contribution is 2.40. The maximum Gasteiger partial charge on any atom is 0.328 e. The number of rotatable bonds is 15. The van der Waals surface area contributed by atoms with Crippen molar-refractivity contribution in [3.63, 3.8) is 0 Å². The number of thiazole rings is 1. The highest BCUT2D eigenvalue weighted by atomic mass is 35.5. The summed E-state index contributed by atoms with van der Waals surface area (Å²) >= 11 is 9.01. The minimum atomic E-state index is -0.907. The molecule has 276 valence electrons. The SMILES string of the molecule is CC(NC(=O)C(N)Cc1cnc[nH]1)C(=O)OCCOc1ccc(-c2c(C#N)c(SCc3csc(-c4ccc(Cl)cc4)n3)nc(N3CCCC3)c2C#N)cc1. The standard InChI is InChI=1S/C38H36ClN9O4S2/c1-23(45-35(49)32(42)16-27-19-43-22-44-27)38(50)52-15-14-51-29-10-6-24(7-11-29)33-30(17-40)34(48-12-2-3-13-48)47-37(31(33)18-41)54-21-28-20-53-36(46-28)25-4-8-26(39)9-5-25/h4-11,19-20,22-23,32H,2-3,12-16,21,42H2,1H3,(H,43,44)(H,45,49). The number of nitriles is 2. The van der Waals surface area contributed by atoms with E-state index >= 15 is 0 Å². The number of esters is 1. The molecule has 54 heavy (non-hydrogen) atoms. The van der Waals surface area contributed by atoms with E-state index in [2.05, 4.69) is 32.3 Å². The number of pyridine rings is 1. The zero-order valence-corrected chi connectivity index (χ0v) is 31.6. The fraction of sp³-hybridized carbons (Fsp3) is 0.289. The van der Waals surface area contributed by atoms with Crippen molar-refractivity contribution in [1.82, 2.24) is 25.3 Å². The first-order valence-electron chi connectivity index (χ1n) is 17.1. The Morgan fingerprint density at radius 2 is 1.78 bits per heavy atom. The van der Waals surface area contributed by atoms with Gasteiger partial charge in [0, 0.05) is 58.7 Å². The summed E-state index contributed by atoms with van der Waals surface area (Å²) in [5.41, 5.74) is 10.3. The van der Waals surface area contributed by atoms with Crippen LogP contribution in [0.1, 0.15) is 42.3 Å². The molecule has 1 amide bonds. The van der Waals surface area contributed by atoms with Crippen molar-refractivity contribution in [3.8, 4) is 39.6 Å². The van der Waals surface area contributed by atoms with Gasteiger partial charge in [-0.15, -0.1) is 11.3 Å². The molecule has 3 aromatic heterocycles. The van der Waals surface area contributed by atoms with Gasteiger partial charge in [0.2, 0.25) is 5.91 Å². The summed E-state index contributed by atoms with van der Waals surface area (Å²) in [6, 6.07) is 17.5. The van der Waals surface area contributed by atoms with Crippen LogP contribution in [0.15, 0.2) is 71.5 Å². The number of ether oxygens (including phenoxy) is 2. The summed E-state index contributed by atoms with van der Waals surface area (Å²) in [6.07, 6.45) is 5.31. The number of nitrogens with two attached hydrogens (primary N) is 1. The minimum absolute atomic E-state index is 0.0531. The highest BCUT2D eigenvalue weighted by Gasteiger charge is 2.27. The molecule has 1 saturated heterocycles. The molecule has 1 fully saturated rings. The van der Waals surface area contributed by atoms with Gasteiger partial charge in [-0.05, 0) is 49.6 Å². The quantitative estimate of drug-likeness (QED) is 0.0649. The Morgan fingerprint density at radius 3 is 2.46 bits per heavy atom. The number of halogens is 1. The molecule has 2 atom stereocenters. The summed E-state index contributed by atoms with van der Waals surface area (Å²) in [6.45, 7) is 3.07. The molecule has 0 radical (unpaired) electrons. The zero-order chi connectivity index (χ0) is 38.0. The Morgan fingerprint density at radius 1 is 1.06 bits per heavy atom. The van der Waals surface area contributed by atoms with Crippen molar-refractivity contribution in [1.29, 1.82) is 10.5 Å². The molecule has 1 aliphatic heterocycles. The Kier molecular flexibility index (Phi) is 12.8. The lowest BCUT2D eigenvalue weighted by molar-refractivity contribution is -0.148. The number of H-pyrrole nitrogens is 1. The molecule has 16 heteroatoms. The third kappa shape index (κ3) is 9.37. The van der Waals surface area contributed by atoms with Crippen molar-refractivity contribution in [2.24, 2.45) is 5.73 Å². The number of aromatic nitrogens is 4. The van der Waals surface area contributed by atoms with Crippen molar-refractivity contribution < 1.29 is 19.1 Å². The van der Waals surface area contributed by atoms with Gasteiger partial charge in [-0.25, -0.2) is 19.7 Å². The molecule has 0 aliphatic carbocycles. The lowest BCUT2D eigenvalue weighted by atomic mass is 9.96. The van der Waals surface area contributed by atoms with E-state index in [0.29, 0.717) is 55.3 Å². The second-order valence-corrected chi connectivity index (χ2v) is 14.6. The number of imidazole rings is 1. The lowest BCUT2D eigenvalue weighted by Crippen LogP contribution is -2.48. The number of thioether (sulfide) groups is 1. The molecule has 5 aromatic rings. The maximum absolute atomic E-state index is 12.5. The molecule has 6 rings (SSSR count). The van der Waals surface area contributed by atoms with Crippen LogP contribution in [0.5, 0.6) is 5.75 Å². The number of carbonyl (C=O) groups is 2. The van der Waals surface area contributed by atoms with Crippen LogP contribution in [-0.4, -0.2) is 70.2 Å². The van der Waals surface area contributed by atoms with Gasteiger partial charge in [0.15, 0.2) is 0 Å². The number of carbonyl (C=O) groups excluding carboxylic acids is 2. The van der Waals surface area contributed by atoms with Crippen LogP contribution in [0.3, 0.4) is 0 Å². The van der Waals surface area contributed by atoms with Gasteiger partial charge in [-0.3, -0.25) is 4.79 Å². The number of hydrogen-bond donors (Lipinski definition) is 3. The van der Waals surface area contributed by atoms with Crippen molar-refractivity contribution >= 4 is 52.4 Å². The molecular weight excluding hydrogens is 746 g/mol. The molecule has 2 aromatic carbocycles. The van der Waals surface area contributed by atoms with Gasteiger partial charge in [0.1, 0.15) is 58.6 Å². The number of nitrogens with zero attached hydrogens (tertiary/aromatic N) is 6. The highest BCUT2D eigenvalue weighted by molar-refractivity contribution is 7.98. The van der Waals surface area contributed by atoms with Crippen LogP contribution in [-0.2, 0) is 26.5 Å². The van der Waals surface area contributed by atoms with Gasteiger partial charge < -0.3 is 30.4 Å². The van der Waals surface area contributed by atoms with E-state index in [1.807, 2.05) is 29.6 Å². The van der Waals surface area contributed by atoms with Crippen molar-refractivity contribution in [2.75, 3.05) is 31.2 Å². The van der Waals surface area contributed by atoms with Gasteiger partial charge in [0.05, 0.1) is 23.6 Å². The predicted octanol–water partition coefficient (Wildman–Crippen LogP) is 5.88. The van der Waals surface area contributed by atoms with E-state index in [9.17, 15) is 20.1 Å². The molecule has 4 heterocycles. The second kappa shape index (κ2) is 18.1. The smallest absolute Gasteiger partial charge is 0.328 e. The lowest BCUT2D eigenvalue weighted by Gasteiger charge is -2.22. The first-order chi connectivity index (χ1) is 26.2. The average Bonchev–Trinajstić information content (AvgIpc) is 4.00. The van der Waals surface area contributed by atoms with Gasteiger partial charge in [-0.2, -0.15) is 10.5 Å². The number of hydrogen-bond acceptors (Lipinski definition) is 13. The third-order valence-corrected chi connectivity index (χ3v) is 10.8. The van der Waals surface area contributed by atoms with Gasteiger partial charge >= 0.3 is 5.97 Å². The third-order valence-electron chi connectivity index (χ3n) is 8.56. The number of anilines is 1. The Bertz CT molecular complexity index is 2160. The molecule has 1 aliphatic rings. The van der Waals surface area contributed by atoms with E-state index in [1.54, 1.807) is 30.5 Å². The van der Waals surface area contributed by atoms with E-state index < -0.39 is 24.0 Å². The van der Waals surface area contributed by atoms with E-state index in [-0.39, 0.29) is 19.6 Å². The van der Waals surface area contributed by atoms with Crippen LogP contribution in [0.25, 0.3) is 21.7 Å². The maximum atomic E-state index is 12.5. The number of nitrogens with one attached hydrogen (secondary N) is 2. The van der Waals surface area contributed by atoms with Crippen LogP contribution in [0.2, 0.25) is 5.02 Å². The van der Waals surface area contributed by atoms with E-state index in [1.165, 1.54) is 36.3 Å². The first kappa shape index (κ1) is 38.3. The summed E-state index contributed by atoms with van der Waals surface area (Å²) < 4.78 is 11.1. The van der Waals surface area contributed by atoms with E-state index in [4.69, 9.17) is 36.8 Å². The fourth-order valence-corrected chi connectivity index (χ4v) is 7.74. The molecule has 0 bridgehead atoms. The largest absolute Gasteiger partial charge is 0.490 e. The van der Waals surface area contributed by atoms with Crippen molar-refractivity contribution in [2.45, 2.75) is 49.0 Å². The van der Waals surface area contributed by atoms with E-state index in [0.717, 1.165) is 42.2 Å². The molecule has 0 saturated carbocycles. The van der Waals surface area contributed by atoms with Crippen molar-refractivity contribution in [3.05, 3.63) is 94.0 Å². The van der Waals surface area contributed by atoms with Crippen LogP contribution in [0, 0.1) is 22.7 Å². The van der Waals surface area contributed by atoms with Gasteiger partial charge in [-0.1, -0.05) is 47.6 Å². The normalized spacial score (nSPS) is 13.5. The monoisotopic (exact) mass is 781 g/mol. The molecule has 13 nitrogen and oxygen atoms in total. The average molecular weight is 782 g/mol. The first-order valence-corrected chi connectivity index (χ1v) is 19.4. The summed E-state index contributed by atoms with van der Waals surface area (Å²) in [7, 11) is 0. The number of benzene rings is 2. The Hall–Kier alpha value is -5.45. The zero-order valence-electron chi connectivity index (χ0n) is 29.3. The van der Waals surface area contributed by atoms with Gasteiger partial charge in [0.25, 0.3) is 0 Å². The topological polar surface area (TPSA) is 196 Å². The molecule has 4 N–H and O–H groups in total. The fourth-order valence-electron chi connectivity index (χ4n) is 5.80. The Labute approximate surface area is 325 Å². The molecule has 0 spiro atoms. The van der Waals surface area contributed by atoms with Crippen LogP contribution < -0.4 is 20.7 Å². The second-order valence-electron chi connectivity index (χ2n) is 12.4.